The van der Waals surface area contributed by atoms with E-state index in [1.165, 1.54) is 6.07 Å². The van der Waals surface area contributed by atoms with Gasteiger partial charge in [-0.15, -0.1) is 0 Å². The SMILES string of the molecule is Cc1cc(CNC(=O)n2c3c(c4ccc(C#N)cc42)CN(C/C=C/c2ccc(Cl)c(F)c2)CC3)ccn1. The summed E-state index contributed by atoms with van der Waals surface area (Å²) in [5.74, 6) is -0.437. The lowest BCUT2D eigenvalue weighted by Gasteiger charge is -2.27. The number of hydrogen-bond acceptors (Lipinski definition) is 4. The molecule has 0 spiro atoms. The molecule has 0 bridgehead atoms. The molecule has 0 saturated carbocycles. The second-order valence-corrected chi connectivity index (χ2v) is 9.54. The number of pyridine rings is 1. The van der Waals surface area contributed by atoms with Crippen LogP contribution in [0, 0.1) is 24.1 Å². The first-order valence-corrected chi connectivity index (χ1v) is 12.4. The van der Waals surface area contributed by atoms with Crippen LogP contribution in [0.4, 0.5) is 9.18 Å². The normalized spacial score (nSPS) is 13.6. The van der Waals surface area contributed by atoms with Crippen LogP contribution in [0.2, 0.25) is 5.02 Å². The summed E-state index contributed by atoms with van der Waals surface area (Å²) in [7, 11) is 0. The Kier molecular flexibility index (Phi) is 7.04. The third-order valence-corrected chi connectivity index (χ3v) is 6.89. The van der Waals surface area contributed by atoms with Gasteiger partial charge < -0.3 is 5.32 Å². The Morgan fingerprint density at radius 3 is 2.89 bits per heavy atom. The minimum atomic E-state index is -0.437. The van der Waals surface area contributed by atoms with Gasteiger partial charge >= 0.3 is 6.03 Å². The van der Waals surface area contributed by atoms with E-state index in [-0.39, 0.29) is 11.1 Å². The molecule has 186 valence electrons. The highest BCUT2D eigenvalue weighted by atomic mass is 35.5. The van der Waals surface area contributed by atoms with Gasteiger partial charge in [-0.3, -0.25) is 14.5 Å². The van der Waals surface area contributed by atoms with E-state index in [4.69, 9.17) is 11.6 Å². The largest absolute Gasteiger partial charge is 0.333 e. The predicted molar refractivity (Wildman–Crippen MR) is 143 cm³/mol. The van der Waals surface area contributed by atoms with Gasteiger partial charge in [-0.1, -0.05) is 35.9 Å². The van der Waals surface area contributed by atoms with Crippen LogP contribution in [0.25, 0.3) is 17.0 Å². The van der Waals surface area contributed by atoms with Crippen molar-refractivity contribution in [3.8, 4) is 6.07 Å². The topological polar surface area (TPSA) is 74.0 Å². The first-order chi connectivity index (χ1) is 17.9. The Labute approximate surface area is 219 Å². The van der Waals surface area contributed by atoms with Gasteiger partial charge in [0.1, 0.15) is 5.82 Å². The van der Waals surface area contributed by atoms with Crippen LogP contribution in [0.5, 0.6) is 0 Å². The van der Waals surface area contributed by atoms with Gasteiger partial charge in [0, 0.05) is 55.6 Å². The van der Waals surface area contributed by atoms with Crippen molar-refractivity contribution in [2.24, 2.45) is 0 Å². The minimum absolute atomic E-state index is 0.108. The van der Waals surface area contributed by atoms with Crippen LogP contribution in [0.1, 0.15) is 33.6 Å². The Morgan fingerprint density at radius 2 is 2.11 bits per heavy atom. The number of nitrogens with one attached hydrogen (secondary N) is 1. The summed E-state index contributed by atoms with van der Waals surface area (Å²) < 4.78 is 15.5. The molecule has 1 aliphatic rings. The molecule has 6 nitrogen and oxygen atoms in total. The molecule has 1 amide bonds. The molecule has 5 rings (SSSR count). The van der Waals surface area contributed by atoms with Crippen molar-refractivity contribution < 1.29 is 9.18 Å². The average molecular weight is 514 g/mol. The second kappa shape index (κ2) is 10.6. The third-order valence-electron chi connectivity index (χ3n) is 6.58. The third kappa shape index (κ3) is 5.26. The molecule has 2 aromatic carbocycles. The summed E-state index contributed by atoms with van der Waals surface area (Å²) in [5.41, 5.74) is 5.92. The van der Waals surface area contributed by atoms with Gasteiger partial charge in [-0.2, -0.15) is 5.26 Å². The summed E-state index contributed by atoms with van der Waals surface area (Å²) in [6, 6.07) is 16.0. The molecule has 2 aromatic heterocycles. The molecule has 0 aliphatic carbocycles. The van der Waals surface area contributed by atoms with E-state index in [0.29, 0.717) is 31.6 Å². The molecule has 37 heavy (non-hydrogen) atoms. The lowest BCUT2D eigenvalue weighted by molar-refractivity contribution is 0.240. The zero-order valence-electron chi connectivity index (χ0n) is 20.3. The van der Waals surface area contributed by atoms with Crippen molar-refractivity contribution in [3.05, 3.63) is 105 Å². The van der Waals surface area contributed by atoms with Gasteiger partial charge in [0.15, 0.2) is 0 Å². The number of fused-ring (bicyclic) bond motifs is 3. The number of aromatic nitrogens is 2. The van der Waals surface area contributed by atoms with Crippen molar-refractivity contribution in [1.82, 2.24) is 19.8 Å². The van der Waals surface area contributed by atoms with Gasteiger partial charge in [0.05, 0.1) is 22.2 Å². The maximum absolute atomic E-state index is 13.7. The van der Waals surface area contributed by atoms with E-state index >= 15 is 0 Å². The van der Waals surface area contributed by atoms with Crippen molar-refractivity contribution in [2.75, 3.05) is 13.1 Å². The van der Waals surface area contributed by atoms with Crippen LogP contribution < -0.4 is 5.32 Å². The molecule has 3 heterocycles. The molecule has 0 atom stereocenters. The maximum atomic E-state index is 13.7. The van der Waals surface area contributed by atoms with Crippen molar-refractivity contribution in [3.63, 3.8) is 0 Å². The fraction of sp³-hybridized carbons (Fsp3) is 0.207. The molecule has 0 unspecified atom stereocenters. The minimum Gasteiger partial charge on any atom is -0.333 e. The summed E-state index contributed by atoms with van der Waals surface area (Å²) in [4.78, 5) is 19.9. The number of nitrogens with zero attached hydrogens (tertiary/aromatic N) is 4. The predicted octanol–water partition coefficient (Wildman–Crippen LogP) is 5.84. The number of nitriles is 1. The Morgan fingerprint density at radius 1 is 1.24 bits per heavy atom. The van der Waals surface area contributed by atoms with E-state index in [1.807, 2.05) is 37.3 Å². The molecular weight excluding hydrogens is 489 g/mol. The fourth-order valence-electron chi connectivity index (χ4n) is 4.80. The number of carbonyl (C=O) groups excluding carboxylic acids is 1. The van der Waals surface area contributed by atoms with Gasteiger partial charge in [-0.05, 0) is 60.0 Å². The smallest absolute Gasteiger partial charge is 0.326 e. The highest BCUT2D eigenvalue weighted by Crippen LogP contribution is 2.31. The van der Waals surface area contributed by atoms with Crippen LogP contribution in [0.15, 0.2) is 60.8 Å². The Bertz CT molecular complexity index is 1570. The summed E-state index contributed by atoms with van der Waals surface area (Å²) in [6.07, 6.45) is 6.31. The van der Waals surface area contributed by atoms with Gasteiger partial charge in [0.2, 0.25) is 0 Å². The summed E-state index contributed by atoms with van der Waals surface area (Å²) in [5, 5.41) is 13.6. The maximum Gasteiger partial charge on any atom is 0.326 e. The monoisotopic (exact) mass is 513 g/mol. The lowest BCUT2D eigenvalue weighted by atomic mass is 10.0. The highest BCUT2D eigenvalue weighted by Gasteiger charge is 2.26. The van der Waals surface area contributed by atoms with Crippen molar-refractivity contribution in [2.45, 2.75) is 26.4 Å². The van der Waals surface area contributed by atoms with E-state index in [2.05, 4.69) is 21.3 Å². The van der Waals surface area contributed by atoms with Crippen molar-refractivity contribution >= 4 is 34.6 Å². The Balaban J connectivity index is 1.39. The summed E-state index contributed by atoms with van der Waals surface area (Å²) >= 11 is 5.77. The van der Waals surface area contributed by atoms with Gasteiger partial charge in [-0.25, -0.2) is 9.18 Å². The van der Waals surface area contributed by atoms with E-state index < -0.39 is 5.82 Å². The zero-order valence-corrected chi connectivity index (χ0v) is 21.1. The van der Waals surface area contributed by atoms with E-state index in [1.54, 1.807) is 35.0 Å². The molecule has 4 aromatic rings. The zero-order chi connectivity index (χ0) is 25.9. The number of aryl methyl sites for hydroxylation is 1. The van der Waals surface area contributed by atoms with E-state index in [9.17, 15) is 14.4 Å². The second-order valence-electron chi connectivity index (χ2n) is 9.13. The number of halogens is 2. The molecular formula is C29H25ClFN5O. The molecule has 0 fully saturated rings. The van der Waals surface area contributed by atoms with Crippen LogP contribution in [-0.4, -0.2) is 33.6 Å². The number of hydrogen-bond donors (Lipinski definition) is 1. The standard InChI is InChI=1S/C29H25ClFN5O/c1-19-13-22(8-10-33-19)17-34-29(37)36-27-9-12-35(11-2-3-20-5-7-25(30)26(31)14-20)18-24(27)23-6-4-21(16-32)15-28(23)36/h2-8,10,13-15H,9,11-12,17-18H2,1H3,(H,34,37)/b3-2+. The molecule has 0 radical (unpaired) electrons. The highest BCUT2D eigenvalue weighted by molar-refractivity contribution is 6.30. The fourth-order valence-corrected chi connectivity index (χ4v) is 4.91. The number of amides is 1. The van der Waals surface area contributed by atoms with Crippen molar-refractivity contribution in [1.29, 1.82) is 5.26 Å². The average Bonchev–Trinajstić information content (AvgIpc) is 3.22. The van der Waals surface area contributed by atoms with E-state index in [0.717, 1.165) is 45.5 Å². The van der Waals surface area contributed by atoms with Gasteiger partial charge in [0.25, 0.3) is 0 Å². The molecule has 1 N–H and O–H groups in total. The first-order valence-electron chi connectivity index (χ1n) is 12.0. The van der Waals surface area contributed by atoms with Crippen LogP contribution >= 0.6 is 11.6 Å². The molecule has 8 heteroatoms. The number of carbonyl (C=O) groups is 1. The van der Waals surface area contributed by atoms with Crippen LogP contribution in [0.3, 0.4) is 0 Å². The summed E-state index contributed by atoms with van der Waals surface area (Å²) in [6.45, 7) is 4.42. The molecule has 1 aliphatic heterocycles. The quantitative estimate of drug-likeness (QED) is 0.364. The van der Waals surface area contributed by atoms with Crippen LogP contribution in [-0.2, 0) is 19.5 Å². The lowest BCUT2D eigenvalue weighted by Crippen LogP contribution is -2.34. The number of rotatable bonds is 5. The Hall–Kier alpha value is -3.99. The molecule has 0 saturated heterocycles. The number of benzene rings is 2. The first kappa shape index (κ1) is 24.7.